The average Bonchev–Trinajstić information content (AvgIpc) is 2.46. The second kappa shape index (κ2) is 6.34. The molecule has 104 valence electrons. The zero-order valence-electron chi connectivity index (χ0n) is 11.3. The van der Waals surface area contributed by atoms with E-state index in [4.69, 9.17) is 11.6 Å². The molecule has 1 N–H and O–H groups in total. The van der Waals surface area contributed by atoms with Gasteiger partial charge in [-0.1, -0.05) is 23.7 Å². The van der Waals surface area contributed by atoms with Crippen LogP contribution in [-0.4, -0.2) is 30.0 Å². The Hall–Kier alpha value is -2.14. The van der Waals surface area contributed by atoms with Crippen LogP contribution in [0.25, 0.3) is 0 Å². The van der Waals surface area contributed by atoms with E-state index in [1.54, 1.807) is 17.0 Å². The Bertz CT molecular complexity index is 581. The highest BCUT2D eigenvalue weighted by molar-refractivity contribution is 6.30. The second-order valence-corrected chi connectivity index (χ2v) is 4.91. The van der Waals surface area contributed by atoms with Crippen molar-refractivity contribution in [1.29, 1.82) is 0 Å². The minimum absolute atomic E-state index is 0.203. The molecule has 6 heteroatoms. The summed E-state index contributed by atoms with van der Waals surface area (Å²) in [5.41, 5.74) is 1.41. The maximum atomic E-state index is 11.9. The molecule has 20 heavy (non-hydrogen) atoms. The lowest BCUT2D eigenvalue weighted by molar-refractivity contribution is 0.0950. The van der Waals surface area contributed by atoms with E-state index in [-0.39, 0.29) is 5.91 Å². The molecule has 2 rings (SSSR count). The molecule has 0 aliphatic rings. The highest BCUT2D eigenvalue weighted by Gasteiger charge is 2.07. The Morgan fingerprint density at radius 3 is 2.35 bits per heavy atom. The van der Waals surface area contributed by atoms with Gasteiger partial charge in [0.05, 0.1) is 5.56 Å². The van der Waals surface area contributed by atoms with Crippen LogP contribution in [0.1, 0.15) is 15.9 Å². The van der Waals surface area contributed by atoms with Gasteiger partial charge in [0.1, 0.15) is 0 Å². The van der Waals surface area contributed by atoms with Gasteiger partial charge < -0.3 is 10.2 Å². The molecule has 0 saturated carbocycles. The molecule has 1 aromatic carbocycles. The summed E-state index contributed by atoms with van der Waals surface area (Å²) in [5, 5.41) is 3.48. The highest BCUT2D eigenvalue weighted by atomic mass is 35.5. The zero-order valence-corrected chi connectivity index (χ0v) is 12.1. The number of carbonyl (C=O) groups excluding carboxylic acids is 1. The maximum Gasteiger partial charge on any atom is 0.254 e. The number of anilines is 1. The Labute approximate surface area is 122 Å². The molecular formula is C14H15ClN4O. The summed E-state index contributed by atoms with van der Waals surface area (Å²) in [6.45, 7) is 0.436. The van der Waals surface area contributed by atoms with Gasteiger partial charge in [-0.05, 0) is 17.7 Å². The van der Waals surface area contributed by atoms with Gasteiger partial charge in [0.25, 0.3) is 5.91 Å². The van der Waals surface area contributed by atoms with Crippen molar-refractivity contribution in [3.05, 3.63) is 52.8 Å². The van der Waals surface area contributed by atoms with Crippen LogP contribution in [0.4, 0.5) is 5.95 Å². The van der Waals surface area contributed by atoms with E-state index in [2.05, 4.69) is 15.3 Å². The predicted octanol–water partition coefficient (Wildman–Crippen LogP) is 2.13. The molecule has 2 aromatic rings. The van der Waals surface area contributed by atoms with Crippen molar-refractivity contribution < 1.29 is 4.79 Å². The molecule has 0 bridgehead atoms. The van der Waals surface area contributed by atoms with Gasteiger partial charge >= 0.3 is 0 Å². The van der Waals surface area contributed by atoms with Crippen molar-refractivity contribution >= 4 is 23.5 Å². The number of aromatic nitrogens is 2. The quantitative estimate of drug-likeness (QED) is 0.937. The fourth-order valence-corrected chi connectivity index (χ4v) is 1.68. The van der Waals surface area contributed by atoms with Gasteiger partial charge in [-0.25, -0.2) is 9.97 Å². The number of benzene rings is 1. The second-order valence-electron chi connectivity index (χ2n) is 4.48. The first-order valence-electron chi connectivity index (χ1n) is 6.08. The van der Waals surface area contributed by atoms with E-state index < -0.39 is 0 Å². The van der Waals surface area contributed by atoms with E-state index in [1.807, 2.05) is 26.2 Å². The van der Waals surface area contributed by atoms with E-state index in [1.165, 1.54) is 12.4 Å². The van der Waals surface area contributed by atoms with Crippen LogP contribution in [0.15, 0.2) is 36.7 Å². The van der Waals surface area contributed by atoms with Crippen LogP contribution in [-0.2, 0) is 6.54 Å². The van der Waals surface area contributed by atoms with Gasteiger partial charge in [-0.3, -0.25) is 4.79 Å². The van der Waals surface area contributed by atoms with Crippen LogP contribution >= 0.6 is 11.6 Å². The van der Waals surface area contributed by atoms with Crippen molar-refractivity contribution in [3.8, 4) is 0 Å². The molecule has 0 fully saturated rings. The molecule has 0 atom stereocenters. The van der Waals surface area contributed by atoms with Crippen molar-refractivity contribution in [2.45, 2.75) is 6.54 Å². The van der Waals surface area contributed by atoms with E-state index >= 15 is 0 Å². The van der Waals surface area contributed by atoms with Gasteiger partial charge in [0.15, 0.2) is 0 Å². The van der Waals surface area contributed by atoms with E-state index in [9.17, 15) is 4.79 Å². The number of rotatable bonds is 4. The van der Waals surface area contributed by atoms with Crippen LogP contribution in [0, 0.1) is 0 Å². The highest BCUT2D eigenvalue weighted by Crippen LogP contribution is 2.09. The summed E-state index contributed by atoms with van der Waals surface area (Å²) >= 11 is 5.80. The predicted molar refractivity (Wildman–Crippen MR) is 79.0 cm³/mol. The number of hydrogen-bond acceptors (Lipinski definition) is 4. The fraction of sp³-hybridized carbons (Fsp3) is 0.214. The van der Waals surface area contributed by atoms with Crippen molar-refractivity contribution in [2.24, 2.45) is 0 Å². The van der Waals surface area contributed by atoms with E-state index in [0.717, 1.165) is 5.56 Å². The Balaban J connectivity index is 1.96. The smallest absolute Gasteiger partial charge is 0.254 e. The van der Waals surface area contributed by atoms with Gasteiger partial charge in [-0.15, -0.1) is 0 Å². The molecule has 0 unspecified atom stereocenters. The zero-order chi connectivity index (χ0) is 14.5. The lowest BCUT2D eigenvalue weighted by Crippen LogP contribution is -2.23. The monoisotopic (exact) mass is 290 g/mol. The largest absolute Gasteiger partial charge is 0.348 e. The summed E-state index contributed by atoms with van der Waals surface area (Å²) in [5.74, 6) is 0.365. The van der Waals surface area contributed by atoms with Crippen molar-refractivity contribution in [3.63, 3.8) is 0 Å². The van der Waals surface area contributed by atoms with Gasteiger partial charge in [0.2, 0.25) is 5.95 Å². The Kier molecular flexibility index (Phi) is 4.53. The summed E-state index contributed by atoms with van der Waals surface area (Å²) in [6, 6.07) is 7.32. The summed E-state index contributed by atoms with van der Waals surface area (Å²) in [4.78, 5) is 21.9. The molecule has 0 saturated heterocycles. The maximum absolute atomic E-state index is 11.9. The number of nitrogens with zero attached hydrogens (tertiary/aromatic N) is 3. The third kappa shape index (κ3) is 3.68. The SMILES string of the molecule is CN(C)c1ncc(C(=O)NCc2ccc(Cl)cc2)cn1. The molecule has 0 spiro atoms. The summed E-state index contributed by atoms with van der Waals surface area (Å²) < 4.78 is 0. The summed E-state index contributed by atoms with van der Waals surface area (Å²) in [7, 11) is 3.69. The number of hydrogen-bond donors (Lipinski definition) is 1. The Morgan fingerprint density at radius 2 is 1.80 bits per heavy atom. The number of carbonyl (C=O) groups is 1. The number of halogens is 1. The lowest BCUT2D eigenvalue weighted by atomic mass is 10.2. The van der Waals surface area contributed by atoms with E-state index in [0.29, 0.717) is 23.1 Å². The van der Waals surface area contributed by atoms with Crippen LogP contribution in [0.5, 0.6) is 0 Å². The van der Waals surface area contributed by atoms with Crippen LogP contribution in [0.3, 0.4) is 0 Å². The first-order chi connectivity index (χ1) is 9.56. The number of amides is 1. The van der Waals surface area contributed by atoms with Gasteiger partial charge in [0, 0.05) is 38.1 Å². The third-order valence-electron chi connectivity index (χ3n) is 2.67. The molecule has 0 aliphatic carbocycles. The van der Waals surface area contributed by atoms with Gasteiger partial charge in [-0.2, -0.15) is 0 Å². The topological polar surface area (TPSA) is 58.1 Å². The van der Waals surface area contributed by atoms with Crippen LogP contribution in [0.2, 0.25) is 5.02 Å². The third-order valence-corrected chi connectivity index (χ3v) is 2.92. The molecule has 1 amide bonds. The number of nitrogens with one attached hydrogen (secondary N) is 1. The molecule has 0 radical (unpaired) electrons. The van der Waals surface area contributed by atoms with Crippen LogP contribution < -0.4 is 10.2 Å². The first-order valence-corrected chi connectivity index (χ1v) is 6.46. The molecule has 1 aromatic heterocycles. The fourth-order valence-electron chi connectivity index (χ4n) is 1.56. The normalized spacial score (nSPS) is 10.2. The first kappa shape index (κ1) is 14.3. The minimum Gasteiger partial charge on any atom is -0.348 e. The summed E-state index contributed by atoms with van der Waals surface area (Å²) in [6.07, 6.45) is 3.03. The lowest BCUT2D eigenvalue weighted by Gasteiger charge is -2.10. The van der Waals surface area contributed by atoms with Crippen molar-refractivity contribution in [2.75, 3.05) is 19.0 Å². The Morgan fingerprint density at radius 1 is 1.20 bits per heavy atom. The van der Waals surface area contributed by atoms with Crippen molar-refractivity contribution in [1.82, 2.24) is 15.3 Å². The standard InChI is InChI=1S/C14H15ClN4O/c1-19(2)14-17-8-11(9-18-14)13(20)16-7-10-3-5-12(15)6-4-10/h3-6,8-9H,7H2,1-2H3,(H,16,20). The molecule has 5 nitrogen and oxygen atoms in total. The minimum atomic E-state index is -0.203. The average molecular weight is 291 g/mol. The molecule has 1 heterocycles. The molecule has 0 aliphatic heterocycles. The molecular weight excluding hydrogens is 276 g/mol.